The molecule has 0 aliphatic heterocycles. The van der Waals surface area contributed by atoms with Gasteiger partial charge in [-0.25, -0.2) is 4.98 Å². The fourth-order valence-corrected chi connectivity index (χ4v) is 2.29. The third-order valence-electron chi connectivity index (χ3n) is 3.28. The second-order valence-electron chi connectivity index (χ2n) is 4.43. The normalized spacial score (nSPS) is 24.0. The van der Waals surface area contributed by atoms with Crippen molar-refractivity contribution in [3.05, 3.63) is 24.0 Å². The molecule has 4 heteroatoms. The molecule has 1 fully saturated rings. The topological polar surface area (TPSA) is 71.9 Å². The van der Waals surface area contributed by atoms with E-state index in [4.69, 9.17) is 15.7 Å². The van der Waals surface area contributed by atoms with E-state index in [0.29, 0.717) is 18.2 Å². The highest BCUT2D eigenvalue weighted by molar-refractivity contribution is 5.26. The molecule has 0 aromatic carbocycles. The Hall–Kier alpha value is -1.60. The number of nitrogens with two attached hydrogens (primary N) is 1. The molecule has 1 saturated carbocycles. The maximum atomic E-state index is 8.66. The highest BCUT2D eigenvalue weighted by Gasteiger charge is 2.25. The molecule has 1 aliphatic rings. The second-order valence-corrected chi connectivity index (χ2v) is 4.43. The molecule has 1 heterocycles. The third-order valence-corrected chi connectivity index (χ3v) is 3.28. The molecule has 0 amide bonds. The van der Waals surface area contributed by atoms with E-state index in [1.807, 2.05) is 6.07 Å². The van der Waals surface area contributed by atoms with E-state index in [1.165, 1.54) is 12.8 Å². The Bertz CT molecular complexity index is 396. The summed E-state index contributed by atoms with van der Waals surface area (Å²) in [5.74, 6) is 1.17. The van der Waals surface area contributed by atoms with E-state index in [-0.39, 0.29) is 6.10 Å². The number of aromatic nitrogens is 1. The van der Waals surface area contributed by atoms with Gasteiger partial charge in [0.2, 0.25) is 0 Å². The molecule has 2 unspecified atom stereocenters. The first-order valence-corrected chi connectivity index (χ1v) is 6.06. The van der Waals surface area contributed by atoms with Crippen LogP contribution in [0.25, 0.3) is 0 Å². The zero-order valence-corrected chi connectivity index (χ0v) is 9.80. The first kappa shape index (κ1) is 11.9. The van der Waals surface area contributed by atoms with Gasteiger partial charge in [-0.2, -0.15) is 5.26 Å². The zero-order chi connectivity index (χ0) is 12.1. The second kappa shape index (κ2) is 5.65. The summed E-state index contributed by atoms with van der Waals surface area (Å²) in [5, 5.41) is 8.66. The number of hydrogen-bond acceptors (Lipinski definition) is 4. The molecule has 2 rings (SSSR count). The van der Waals surface area contributed by atoms with E-state index >= 15 is 0 Å². The van der Waals surface area contributed by atoms with Crippen LogP contribution in [0.3, 0.4) is 0 Å². The van der Waals surface area contributed by atoms with Gasteiger partial charge < -0.3 is 10.5 Å². The van der Waals surface area contributed by atoms with Crippen molar-refractivity contribution in [2.24, 2.45) is 11.7 Å². The van der Waals surface area contributed by atoms with Crippen LogP contribution < -0.4 is 10.5 Å². The molecule has 2 atom stereocenters. The van der Waals surface area contributed by atoms with Gasteiger partial charge in [-0.15, -0.1) is 0 Å². The van der Waals surface area contributed by atoms with Gasteiger partial charge in [-0.1, -0.05) is 6.42 Å². The van der Waals surface area contributed by atoms with Crippen LogP contribution in [0.15, 0.2) is 18.3 Å². The molecule has 0 radical (unpaired) electrons. The van der Waals surface area contributed by atoms with Gasteiger partial charge in [0.15, 0.2) is 0 Å². The SMILES string of the molecule is N#Cc1ccc(OC2CCCCC2CN)cn1. The maximum Gasteiger partial charge on any atom is 0.140 e. The van der Waals surface area contributed by atoms with Crippen molar-refractivity contribution in [2.45, 2.75) is 31.8 Å². The lowest BCUT2D eigenvalue weighted by molar-refractivity contribution is 0.0966. The molecular weight excluding hydrogens is 214 g/mol. The molecular formula is C13H17N3O. The Morgan fingerprint density at radius 2 is 2.24 bits per heavy atom. The summed E-state index contributed by atoms with van der Waals surface area (Å²) in [7, 11) is 0. The van der Waals surface area contributed by atoms with Crippen LogP contribution >= 0.6 is 0 Å². The predicted octanol–water partition coefficient (Wildman–Crippen LogP) is 1.85. The number of nitrogens with zero attached hydrogens (tertiary/aromatic N) is 2. The van der Waals surface area contributed by atoms with Gasteiger partial charge in [-0.05, 0) is 37.9 Å². The highest BCUT2D eigenvalue weighted by atomic mass is 16.5. The van der Waals surface area contributed by atoms with Gasteiger partial charge in [0, 0.05) is 5.92 Å². The summed E-state index contributed by atoms with van der Waals surface area (Å²) < 4.78 is 5.91. The molecule has 1 aromatic rings. The quantitative estimate of drug-likeness (QED) is 0.861. The number of hydrogen-bond donors (Lipinski definition) is 1. The monoisotopic (exact) mass is 231 g/mol. The average Bonchev–Trinajstić information content (AvgIpc) is 2.40. The Kier molecular flexibility index (Phi) is 3.94. The van der Waals surface area contributed by atoms with Crippen molar-refractivity contribution < 1.29 is 4.74 Å². The Balaban J connectivity index is 2.01. The molecule has 17 heavy (non-hydrogen) atoms. The van der Waals surface area contributed by atoms with Crippen LogP contribution in [-0.4, -0.2) is 17.6 Å². The molecule has 4 nitrogen and oxygen atoms in total. The van der Waals surface area contributed by atoms with Crippen LogP contribution in [-0.2, 0) is 0 Å². The average molecular weight is 231 g/mol. The number of pyridine rings is 1. The Morgan fingerprint density at radius 1 is 1.41 bits per heavy atom. The lowest BCUT2D eigenvalue weighted by Crippen LogP contribution is -2.35. The van der Waals surface area contributed by atoms with Crippen LogP contribution in [0, 0.1) is 17.2 Å². The van der Waals surface area contributed by atoms with E-state index < -0.39 is 0 Å². The third kappa shape index (κ3) is 2.95. The smallest absolute Gasteiger partial charge is 0.140 e. The van der Waals surface area contributed by atoms with Crippen molar-refractivity contribution in [1.29, 1.82) is 5.26 Å². The van der Waals surface area contributed by atoms with Crippen molar-refractivity contribution in [3.8, 4) is 11.8 Å². The Labute approximate surface area is 101 Å². The lowest BCUT2D eigenvalue weighted by Gasteiger charge is -2.30. The highest BCUT2D eigenvalue weighted by Crippen LogP contribution is 2.27. The maximum absolute atomic E-state index is 8.66. The minimum absolute atomic E-state index is 0.198. The molecule has 2 N–H and O–H groups in total. The molecule has 90 valence electrons. The van der Waals surface area contributed by atoms with Gasteiger partial charge in [-0.3, -0.25) is 0 Å². The summed E-state index contributed by atoms with van der Waals surface area (Å²) in [5.41, 5.74) is 6.17. The molecule has 0 spiro atoms. The molecule has 0 saturated heterocycles. The fraction of sp³-hybridized carbons (Fsp3) is 0.538. The van der Waals surface area contributed by atoms with Crippen molar-refractivity contribution in [2.75, 3.05) is 6.54 Å². The summed E-state index contributed by atoms with van der Waals surface area (Å²) in [6, 6.07) is 5.47. The number of nitriles is 1. The van der Waals surface area contributed by atoms with E-state index in [2.05, 4.69) is 4.98 Å². The molecule has 0 bridgehead atoms. The zero-order valence-electron chi connectivity index (χ0n) is 9.80. The summed E-state index contributed by atoms with van der Waals surface area (Å²) in [4.78, 5) is 4.00. The van der Waals surface area contributed by atoms with Gasteiger partial charge in [0.25, 0.3) is 0 Å². The minimum atomic E-state index is 0.198. The van der Waals surface area contributed by atoms with Gasteiger partial charge >= 0.3 is 0 Å². The number of ether oxygens (including phenoxy) is 1. The van der Waals surface area contributed by atoms with Crippen LogP contribution in [0.4, 0.5) is 0 Å². The van der Waals surface area contributed by atoms with Crippen molar-refractivity contribution in [1.82, 2.24) is 4.98 Å². The number of rotatable bonds is 3. The fourth-order valence-electron chi connectivity index (χ4n) is 2.29. The van der Waals surface area contributed by atoms with E-state index in [9.17, 15) is 0 Å². The first-order chi connectivity index (χ1) is 8.33. The summed E-state index contributed by atoms with van der Waals surface area (Å²) >= 11 is 0. The van der Waals surface area contributed by atoms with E-state index in [1.54, 1.807) is 18.3 Å². The first-order valence-electron chi connectivity index (χ1n) is 6.06. The van der Waals surface area contributed by atoms with Gasteiger partial charge in [0.1, 0.15) is 23.6 Å². The van der Waals surface area contributed by atoms with E-state index in [0.717, 1.165) is 18.6 Å². The summed E-state index contributed by atoms with van der Waals surface area (Å²) in [6.45, 7) is 0.675. The van der Waals surface area contributed by atoms with Crippen LogP contribution in [0.2, 0.25) is 0 Å². The Morgan fingerprint density at radius 3 is 2.88 bits per heavy atom. The minimum Gasteiger partial charge on any atom is -0.488 e. The summed E-state index contributed by atoms with van der Waals surface area (Å²) in [6.07, 6.45) is 6.45. The largest absolute Gasteiger partial charge is 0.488 e. The van der Waals surface area contributed by atoms with Gasteiger partial charge in [0.05, 0.1) is 6.20 Å². The van der Waals surface area contributed by atoms with Crippen molar-refractivity contribution in [3.63, 3.8) is 0 Å². The predicted molar refractivity (Wildman–Crippen MR) is 64.4 cm³/mol. The molecule has 1 aromatic heterocycles. The molecule has 1 aliphatic carbocycles. The van der Waals surface area contributed by atoms with Crippen molar-refractivity contribution >= 4 is 0 Å². The van der Waals surface area contributed by atoms with Crippen LogP contribution in [0.1, 0.15) is 31.4 Å². The van der Waals surface area contributed by atoms with Crippen LogP contribution in [0.5, 0.6) is 5.75 Å². The lowest BCUT2D eigenvalue weighted by atomic mass is 9.86. The standard InChI is InChI=1S/C13H17N3O/c14-7-10-3-1-2-4-13(10)17-12-6-5-11(8-15)16-9-12/h5-6,9-10,13H,1-4,7,14H2.